The van der Waals surface area contributed by atoms with Crippen molar-refractivity contribution in [3.8, 4) is 5.75 Å². The van der Waals surface area contributed by atoms with Crippen molar-refractivity contribution in [2.75, 3.05) is 12.4 Å². The summed E-state index contributed by atoms with van der Waals surface area (Å²) in [6.07, 6.45) is 2.14. The van der Waals surface area contributed by atoms with Gasteiger partial charge >= 0.3 is 5.97 Å². The maximum absolute atomic E-state index is 14.1. The predicted molar refractivity (Wildman–Crippen MR) is 83.8 cm³/mol. The normalized spacial score (nSPS) is 15.8. The van der Waals surface area contributed by atoms with Gasteiger partial charge in [0.1, 0.15) is 17.6 Å². The number of aliphatic carboxylic acids is 1. The molecule has 3 rings (SSSR count). The Morgan fingerprint density at radius 3 is 3.04 bits per heavy atom. The number of carbonyl (C=O) groups is 1. The van der Waals surface area contributed by atoms with E-state index in [0.29, 0.717) is 24.2 Å². The van der Waals surface area contributed by atoms with Crippen LogP contribution in [0.15, 0.2) is 29.2 Å². The molecule has 0 spiro atoms. The Morgan fingerprint density at radius 1 is 1.54 bits per heavy atom. The molecule has 2 N–H and O–H groups in total. The molecule has 1 aliphatic heterocycles. The SMILES string of the molecule is COc1cccc(CNc2cnc3n(c2=O)[C@H](C(=O)O)CC3)c1F. The molecule has 0 fully saturated rings. The molecule has 1 aromatic heterocycles. The molecule has 1 aromatic carbocycles. The molecule has 24 heavy (non-hydrogen) atoms. The van der Waals surface area contributed by atoms with Gasteiger partial charge in [-0.2, -0.15) is 0 Å². The van der Waals surface area contributed by atoms with Crippen molar-refractivity contribution in [3.63, 3.8) is 0 Å². The third-order valence-corrected chi connectivity index (χ3v) is 4.04. The molecule has 0 saturated heterocycles. The van der Waals surface area contributed by atoms with Gasteiger partial charge < -0.3 is 15.2 Å². The van der Waals surface area contributed by atoms with E-state index in [1.54, 1.807) is 12.1 Å². The molecule has 7 nitrogen and oxygen atoms in total. The fourth-order valence-electron chi connectivity index (χ4n) is 2.80. The average Bonchev–Trinajstić information content (AvgIpc) is 3.00. The average molecular weight is 333 g/mol. The van der Waals surface area contributed by atoms with Crippen molar-refractivity contribution in [2.45, 2.75) is 25.4 Å². The molecule has 2 aromatic rings. The Kier molecular flexibility index (Phi) is 4.20. The van der Waals surface area contributed by atoms with Crippen molar-refractivity contribution in [1.29, 1.82) is 0 Å². The number of hydrogen-bond donors (Lipinski definition) is 2. The molecule has 0 saturated carbocycles. The molecule has 2 heterocycles. The summed E-state index contributed by atoms with van der Waals surface area (Å²) in [5, 5.41) is 12.0. The maximum Gasteiger partial charge on any atom is 0.326 e. The lowest BCUT2D eigenvalue weighted by atomic mass is 10.2. The summed E-state index contributed by atoms with van der Waals surface area (Å²) in [4.78, 5) is 27.9. The highest BCUT2D eigenvalue weighted by Crippen LogP contribution is 2.24. The van der Waals surface area contributed by atoms with E-state index in [9.17, 15) is 19.1 Å². The van der Waals surface area contributed by atoms with Crippen LogP contribution in [0.2, 0.25) is 0 Å². The second-order valence-corrected chi connectivity index (χ2v) is 5.44. The summed E-state index contributed by atoms with van der Waals surface area (Å²) in [6.45, 7) is 0.0526. The van der Waals surface area contributed by atoms with Crippen LogP contribution < -0.4 is 15.6 Å². The van der Waals surface area contributed by atoms with E-state index in [-0.39, 0.29) is 18.0 Å². The van der Waals surface area contributed by atoms with E-state index in [1.165, 1.54) is 23.9 Å². The van der Waals surface area contributed by atoms with Crippen LogP contribution in [0.5, 0.6) is 5.75 Å². The van der Waals surface area contributed by atoms with Crippen LogP contribution >= 0.6 is 0 Å². The van der Waals surface area contributed by atoms with Crippen molar-refractivity contribution in [3.05, 3.63) is 52.0 Å². The Labute approximate surface area is 136 Å². The highest BCUT2D eigenvalue weighted by Gasteiger charge is 2.30. The van der Waals surface area contributed by atoms with E-state index in [0.717, 1.165) is 0 Å². The number of nitrogens with zero attached hydrogens (tertiary/aromatic N) is 2. The molecule has 8 heteroatoms. The van der Waals surface area contributed by atoms with Crippen LogP contribution in [0.4, 0.5) is 10.1 Å². The summed E-state index contributed by atoms with van der Waals surface area (Å²) in [7, 11) is 1.37. The van der Waals surface area contributed by atoms with Gasteiger partial charge in [-0.1, -0.05) is 12.1 Å². The topological polar surface area (TPSA) is 93.5 Å². The summed E-state index contributed by atoms with van der Waals surface area (Å²) in [6, 6.07) is 3.81. The number of anilines is 1. The first-order valence-electron chi connectivity index (χ1n) is 7.41. The first-order chi connectivity index (χ1) is 11.5. The molecule has 1 aliphatic rings. The van der Waals surface area contributed by atoms with Crippen molar-refractivity contribution in [2.24, 2.45) is 0 Å². The molecule has 0 unspecified atom stereocenters. The zero-order valence-electron chi connectivity index (χ0n) is 13.0. The smallest absolute Gasteiger partial charge is 0.326 e. The van der Waals surface area contributed by atoms with Gasteiger partial charge in [-0.3, -0.25) is 9.36 Å². The maximum atomic E-state index is 14.1. The van der Waals surface area contributed by atoms with E-state index >= 15 is 0 Å². The minimum absolute atomic E-state index is 0.0526. The molecule has 0 aliphatic carbocycles. The van der Waals surface area contributed by atoms with Gasteiger partial charge in [-0.15, -0.1) is 0 Å². The number of carboxylic acid groups (broad SMARTS) is 1. The van der Waals surface area contributed by atoms with Crippen LogP contribution in [-0.4, -0.2) is 27.7 Å². The minimum Gasteiger partial charge on any atom is -0.494 e. The van der Waals surface area contributed by atoms with Crippen molar-refractivity contribution < 1.29 is 19.0 Å². The lowest BCUT2D eigenvalue weighted by Gasteiger charge is -2.13. The highest BCUT2D eigenvalue weighted by molar-refractivity contribution is 5.72. The van der Waals surface area contributed by atoms with Gasteiger partial charge in [-0.05, 0) is 12.5 Å². The van der Waals surface area contributed by atoms with Gasteiger partial charge in [0.05, 0.1) is 13.3 Å². The quantitative estimate of drug-likeness (QED) is 0.863. The number of rotatable bonds is 5. The number of methoxy groups -OCH3 is 1. The molecule has 1 atom stereocenters. The molecule has 0 bridgehead atoms. The molecular formula is C16H16FN3O4. The van der Waals surface area contributed by atoms with Crippen LogP contribution in [0.25, 0.3) is 0 Å². The molecule has 126 valence electrons. The number of halogens is 1. The predicted octanol–water partition coefficient (Wildman–Crippen LogP) is 1.57. The largest absolute Gasteiger partial charge is 0.494 e. The first-order valence-corrected chi connectivity index (χ1v) is 7.41. The summed E-state index contributed by atoms with van der Waals surface area (Å²) >= 11 is 0. The molecular weight excluding hydrogens is 317 g/mol. The zero-order chi connectivity index (χ0) is 17.3. The summed E-state index contributed by atoms with van der Waals surface area (Å²) in [5.74, 6) is -1.01. The van der Waals surface area contributed by atoms with Gasteiger partial charge in [-0.25, -0.2) is 14.2 Å². The number of aryl methyl sites for hydroxylation is 1. The number of aromatic nitrogens is 2. The van der Waals surface area contributed by atoms with E-state index in [1.807, 2.05) is 0 Å². The Morgan fingerprint density at radius 2 is 2.33 bits per heavy atom. The second kappa shape index (κ2) is 6.31. The van der Waals surface area contributed by atoms with Crippen LogP contribution in [0.1, 0.15) is 23.9 Å². The Hall–Kier alpha value is -2.90. The number of ether oxygens (including phenoxy) is 1. The lowest BCUT2D eigenvalue weighted by Crippen LogP contribution is -2.30. The van der Waals surface area contributed by atoms with Crippen molar-refractivity contribution in [1.82, 2.24) is 9.55 Å². The minimum atomic E-state index is -1.06. The Bertz CT molecular complexity index is 850. The zero-order valence-corrected chi connectivity index (χ0v) is 13.0. The molecule has 0 radical (unpaired) electrons. The van der Waals surface area contributed by atoms with E-state index in [2.05, 4.69) is 10.3 Å². The van der Waals surface area contributed by atoms with Crippen LogP contribution in [-0.2, 0) is 17.8 Å². The lowest BCUT2D eigenvalue weighted by molar-refractivity contribution is -0.140. The second-order valence-electron chi connectivity index (χ2n) is 5.44. The Balaban J connectivity index is 1.86. The van der Waals surface area contributed by atoms with Gasteiger partial charge in [0.15, 0.2) is 11.6 Å². The van der Waals surface area contributed by atoms with Gasteiger partial charge in [0.25, 0.3) is 5.56 Å². The monoisotopic (exact) mass is 333 g/mol. The van der Waals surface area contributed by atoms with Crippen molar-refractivity contribution >= 4 is 11.7 Å². The number of fused-ring (bicyclic) bond motifs is 1. The number of hydrogen-bond acceptors (Lipinski definition) is 5. The van der Waals surface area contributed by atoms with Crippen LogP contribution in [0.3, 0.4) is 0 Å². The number of nitrogens with one attached hydrogen (secondary N) is 1. The van der Waals surface area contributed by atoms with E-state index in [4.69, 9.17) is 4.74 Å². The summed E-state index contributed by atoms with van der Waals surface area (Å²) < 4.78 is 20.2. The van der Waals surface area contributed by atoms with Gasteiger partial charge in [0.2, 0.25) is 0 Å². The van der Waals surface area contributed by atoms with E-state index < -0.39 is 23.4 Å². The first kappa shape index (κ1) is 16.0. The van der Waals surface area contributed by atoms with Crippen LogP contribution in [0, 0.1) is 5.82 Å². The number of benzene rings is 1. The fourth-order valence-corrected chi connectivity index (χ4v) is 2.80. The molecule has 0 amide bonds. The standard InChI is InChI=1S/C16H16FN3O4/c1-24-12-4-2-3-9(14(12)17)7-18-10-8-19-13-6-5-11(16(22)23)20(13)15(10)21/h2-4,8,11,18H,5-7H2,1H3,(H,22,23)/t11-/m0/s1. The third-order valence-electron chi connectivity index (χ3n) is 4.04. The number of carboxylic acids is 1. The third kappa shape index (κ3) is 2.70. The fraction of sp³-hybridized carbons (Fsp3) is 0.312. The van der Waals surface area contributed by atoms with Gasteiger partial charge in [0, 0.05) is 18.5 Å². The summed E-state index contributed by atoms with van der Waals surface area (Å²) in [5.41, 5.74) is -0.00337. The highest BCUT2D eigenvalue weighted by atomic mass is 19.1.